The van der Waals surface area contributed by atoms with E-state index in [1.807, 2.05) is 0 Å². The summed E-state index contributed by atoms with van der Waals surface area (Å²) in [4.78, 5) is 46.1. The van der Waals surface area contributed by atoms with Crippen LogP contribution in [0.3, 0.4) is 0 Å². The Labute approximate surface area is 386 Å². The molecule has 0 aromatic carbocycles. The van der Waals surface area contributed by atoms with Gasteiger partial charge in [-0.2, -0.15) is 0 Å². The first-order valence-electron chi connectivity index (χ1n) is 26.2. The molecule has 0 heterocycles. The number of unbranched alkanes of at least 4 members (excludes halogenated alkanes) is 34. The molecule has 0 aromatic rings. The van der Waals surface area contributed by atoms with E-state index in [1.54, 1.807) is 0 Å². The number of hydrogen-bond donors (Lipinski definition) is 3. The van der Waals surface area contributed by atoms with Crippen molar-refractivity contribution in [3.63, 3.8) is 0 Å². The summed E-state index contributed by atoms with van der Waals surface area (Å²) in [5.74, 6) is -2.37. The molecule has 0 spiro atoms. The maximum absolute atomic E-state index is 12.7. The fraction of sp³-hybridized carbons (Fsp3) is 0.902. The van der Waals surface area contributed by atoms with Crippen molar-refractivity contribution in [2.75, 3.05) is 19.8 Å². The van der Waals surface area contributed by atoms with Gasteiger partial charge in [0.05, 0.1) is 13.2 Å². The number of phosphoric acid groups is 1. The second-order valence-corrected chi connectivity index (χ2v) is 19.5. The van der Waals surface area contributed by atoms with E-state index in [0.717, 1.165) is 57.8 Å². The van der Waals surface area contributed by atoms with Gasteiger partial charge in [-0.1, -0.05) is 225 Å². The normalized spacial score (nSPS) is 13.6. The number of carbonyl (C=O) groups is 3. The lowest BCUT2D eigenvalue weighted by Gasteiger charge is -2.20. The van der Waals surface area contributed by atoms with Crippen LogP contribution in [0.15, 0.2) is 12.2 Å². The van der Waals surface area contributed by atoms with Crippen LogP contribution in [0.1, 0.15) is 264 Å². The Morgan fingerprint density at radius 1 is 0.476 bits per heavy atom. The van der Waals surface area contributed by atoms with E-state index < -0.39 is 51.1 Å². The number of ether oxygens (including phenoxy) is 2. The number of carbonyl (C=O) groups excluding carboxylic acids is 2. The molecule has 0 aliphatic rings. The van der Waals surface area contributed by atoms with Crippen LogP contribution in [-0.4, -0.2) is 59.9 Å². The van der Waals surface area contributed by atoms with E-state index in [9.17, 15) is 23.8 Å². The Bertz CT molecular complexity index is 1120. The first-order valence-corrected chi connectivity index (χ1v) is 27.7. The molecule has 4 N–H and O–H groups in total. The SMILES string of the molecule is CCCCCCCC/C=C\CCCCCCCC(=O)OC(COC(=O)CCCCCCCCCCCCCCCCCCCCCCCCCC)COP(=O)(O)OCC(N)C(=O)O. The van der Waals surface area contributed by atoms with Crippen molar-refractivity contribution in [3.8, 4) is 0 Å². The minimum atomic E-state index is -4.72. The molecule has 0 aliphatic carbocycles. The number of rotatable bonds is 50. The molecule has 0 rings (SSSR count). The molecule has 63 heavy (non-hydrogen) atoms. The molecule has 0 bridgehead atoms. The van der Waals surface area contributed by atoms with Crippen molar-refractivity contribution in [3.05, 3.63) is 12.2 Å². The first-order chi connectivity index (χ1) is 30.6. The minimum Gasteiger partial charge on any atom is -0.480 e. The number of nitrogens with two attached hydrogens (primary N) is 1. The second kappa shape index (κ2) is 46.7. The van der Waals surface area contributed by atoms with E-state index in [2.05, 4.69) is 30.5 Å². The third-order valence-electron chi connectivity index (χ3n) is 11.8. The quantitative estimate of drug-likeness (QED) is 0.0229. The van der Waals surface area contributed by atoms with E-state index in [0.29, 0.717) is 12.8 Å². The summed E-state index contributed by atoms with van der Waals surface area (Å²) in [7, 11) is -4.72. The van der Waals surface area contributed by atoms with Crippen LogP contribution in [0.25, 0.3) is 0 Å². The highest BCUT2D eigenvalue weighted by atomic mass is 31.2. The molecule has 11 nitrogen and oxygen atoms in total. The molecular weight excluding hydrogens is 818 g/mol. The maximum atomic E-state index is 12.7. The lowest BCUT2D eigenvalue weighted by molar-refractivity contribution is -0.161. The molecule has 372 valence electrons. The second-order valence-electron chi connectivity index (χ2n) is 18.0. The van der Waals surface area contributed by atoms with E-state index in [1.165, 1.54) is 167 Å². The van der Waals surface area contributed by atoms with Gasteiger partial charge in [0.2, 0.25) is 0 Å². The van der Waals surface area contributed by atoms with Gasteiger partial charge in [-0.25, -0.2) is 4.57 Å². The third-order valence-corrected chi connectivity index (χ3v) is 12.7. The Morgan fingerprint density at radius 2 is 0.794 bits per heavy atom. The molecule has 0 saturated carbocycles. The van der Waals surface area contributed by atoms with Gasteiger partial charge in [-0.3, -0.25) is 23.4 Å². The van der Waals surface area contributed by atoms with Crippen LogP contribution in [0.5, 0.6) is 0 Å². The highest BCUT2D eigenvalue weighted by molar-refractivity contribution is 7.47. The summed E-state index contributed by atoms with van der Waals surface area (Å²) in [5, 5.41) is 8.92. The monoisotopic (exact) mass is 916 g/mol. The zero-order chi connectivity index (χ0) is 46.3. The molecule has 0 amide bonds. The van der Waals surface area contributed by atoms with Gasteiger partial charge in [0.15, 0.2) is 6.10 Å². The topological polar surface area (TPSA) is 172 Å². The van der Waals surface area contributed by atoms with Gasteiger partial charge in [0.25, 0.3) is 0 Å². The van der Waals surface area contributed by atoms with E-state index in [4.69, 9.17) is 24.8 Å². The Hall–Kier alpha value is -1.78. The highest BCUT2D eigenvalue weighted by Crippen LogP contribution is 2.43. The molecule has 0 aliphatic heterocycles. The number of aliphatic carboxylic acids is 1. The van der Waals surface area contributed by atoms with Crippen molar-refractivity contribution >= 4 is 25.7 Å². The molecule has 3 unspecified atom stereocenters. The van der Waals surface area contributed by atoms with Crippen molar-refractivity contribution in [1.29, 1.82) is 0 Å². The number of allylic oxidation sites excluding steroid dienone is 2. The van der Waals surface area contributed by atoms with Crippen molar-refractivity contribution in [2.24, 2.45) is 5.73 Å². The lowest BCUT2D eigenvalue weighted by atomic mass is 10.0. The largest absolute Gasteiger partial charge is 0.480 e. The third kappa shape index (κ3) is 46.5. The summed E-state index contributed by atoms with van der Waals surface area (Å²) in [6.07, 6.45) is 50.0. The maximum Gasteiger partial charge on any atom is 0.472 e. The van der Waals surface area contributed by atoms with Crippen LogP contribution in [0.2, 0.25) is 0 Å². The zero-order valence-electron chi connectivity index (χ0n) is 40.7. The van der Waals surface area contributed by atoms with Crippen molar-refractivity contribution in [2.45, 2.75) is 276 Å². The van der Waals surface area contributed by atoms with Gasteiger partial charge < -0.3 is 25.2 Å². The number of carboxylic acids is 1. The molecule has 0 fully saturated rings. The van der Waals surface area contributed by atoms with Crippen LogP contribution in [0.4, 0.5) is 0 Å². The van der Waals surface area contributed by atoms with Crippen LogP contribution < -0.4 is 5.73 Å². The molecular formula is C51H98NO10P. The van der Waals surface area contributed by atoms with Gasteiger partial charge in [-0.15, -0.1) is 0 Å². The fourth-order valence-electron chi connectivity index (χ4n) is 7.65. The van der Waals surface area contributed by atoms with Crippen LogP contribution in [0, 0.1) is 0 Å². The summed E-state index contributed by atoms with van der Waals surface area (Å²) < 4.78 is 32.8. The fourth-order valence-corrected chi connectivity index (χ4v) is 8.43. The Morgan fingerprint density at radius 3 is 1.16 bits per heavy atom. The van der Waals surface area contributed by atoms with Crippen molar-refractivity contribution < 1.29 is 47.5 Å². The smallest absolute Gasteiger partial charge is 0.472 e. The highest BCUT2D eigenvalue weighted by Gasteiger charge is 2.28. The average Bonchev–Trinajstić information content (AvgIpc) is 3.26. The molecule has 0 aromatic heterocycles. The van der Waals surface area contributed by atoms with Gasteiger partial charge >= 0.3 is 25.7 Å². The molecule has 3 atom stereocenters. The predicted octanol–water partition coefficient (Wildman–Crippen LogP) is 14.8. The van der Waals surface area contributed by atoms with Crippen LogP contribution in [-0.2, 0) is 37.5 Å². The number of hydrogen-bond acceptors (Lipinski definition) is 9. The molecule has 12 heteroatoms. The van der Waals surface area contributed by atoms with Gasteiger partial charge in [-0.05, 0) is 38.5 Å². The summed E-state index contributed by atoms with van der Waals surface area (Å²) in [5.41, 5.74) is 5.35. The molecule has 0 saturated heterocycles. The number of carboxylic acid groups (broad SMARTS) is 1. The first kappa shape index (κ1) is 61.2. The van der Waals surface area contributed by atoms with Crippen molar-refractivity contribution in [1.82, 2.24) is 0 Å². The number of phosphoric ester groups is 1. The van der Waals surface area contributed by atoms with Gasteiger partial charge in [0, 0.05) is 12.8 Å². The minimum absolute atomic E-state index is 0.156. The summed E-state index contributed by atoms with van der Waals surface area (Å²) >= 11 is 0. The predicted molar refractivity (Wildman–Crippen MR) is 259 cm³/mol. The Kier molecular flexibility index (Phi) is 45.4. The standard InChI is InChI=1S/C51H98NO10P/c1-3-5-7-9-11-13-15-17-19-20-21-22-23-24-25-26-27-29-30-32-34-36-38-40-42-49(53)59-44-47(45-60-63(57,58)61-46-48(52)51(55)56)62-50(54)43-41-39-37-35-33-31-28-18-16-14-12-10-8-6-4-2/h18,28,47-48H,3-17,19-27,29-46,52H2,1-2H3,(H,55,56)(H,57,58)/b28-18-. The van der Waals surface area contributed by atoms with Gasteiger partial charge in [0.1, 0.15) is 12.6 Å². The molecule has 0 radical (unpaired) electrons. The lowest BCUT2D eigenvalue weighted by Crippen LogP contribution is -2.34. The average molecular weight is 916 g/mol. The number of esters is 2. The van der Waals surface area contributed by atoms with E-state index in [-0.39, 0.29) is 19.4 Å². The summed E-state index contributed by atoms with van der Waals surface area (Å²) in [6, 6.07) is -1.52. The van der Waals surface area contributed by atoms with E-state index >= 15 is 0 Å². The Balaban J connectivity index is 4.14. The van der Waals surface area contributed by atoms with Crippen LogP contribution >= 0.6 is 7.82 Å². The summed E-state index contributed by atoms with van der Waals surface area (Å²) in [6.45, 7) is 2.84. The zero-order valence-corrected chi connectivity index (χ0v) is 41.6.